The molecule has 0 saturated carbocycles. The lowest BCUT2D eigenvalue weighted by Crippen LogP contribution is -2.19. The van der Waals surface area contributed by atoms with Crippen LogP contribution < -0.4 is 5.43 Å². The van der Waals surface area contributed by atoms with Gasteiger partial charge in [0.1, 0.15) is 0 Å². The predicted octanol–water partition coefficient (Wildman–Crippen LogP) is 2.07. The van der Waals surface area contributed by atoms with Crippen LogP contribution in [-0.2, 0) is 16.0 Å². The quantitative estimate of drug-likeness (QED) is 0.374. The van der Waals surface area contributed by atoms with Crippen LogP contribution >= 0.6 is 0 Å². The summed E-state index contributed by atoms with van der Waals surface area (Å²) in [5.41, 5.74) is 4.10. The van der Waals surface area contributed by atoms with Gasteiger partial charge >= 0.3 is 5.97 Å². The van der Waals surface area contributed by atoms with Crippen molar-refractivity contribution >= 4 is 23.8 Å². The van der Waals surface area contributed by atoms with Crippen molar-refractivity contribution in [3.63, 3.8) is 0 Å². The molecular formula is C17H15N3O5. The molecule has 0 unspecified atom stereocenters. The van der Waals surface area contributed by atoms with Gasteiger partial charge in [-0.05, 0) is 23.3 Å². The van der Waals surface area contributed by atoms with Crippen LogP contribution in [0.5, 0.6) is 0 Å². The number of esters is 1. The predicted molar refractivity (Wildman–Crippen MR) is 90.3 cm³/mol. The molecule has 0 radical (unpaired) electrons. The Kier molecular flexibility index (Phi) is 5.94. The zero-order valence-electron chi connectivity index (χ0n) is 13.3. The van der Waals surface area contributed by atoms with E-state index in [-0.39, 0.29) is 18.0 Å². The van der Waals surface area contributed by atoms with E-state index in [0.717, 1.165) is 0 Å². The molecule has 0 heterocycles. The molecule has 25 heavy (non-hydrogen) atoms. The number of hydrogen-bond donors (Lipinski definition) is 1. The largest absolute Gasteiger partial charge is 0.465 e. The van der Waals surface area contributed by atoms with Gasteiger partial charge in [0, 0.05) is 12.1 Å². The number of rotatable bonds is 6. The summed E-state index contributed by atoms with van der Waals surface area (Å²) < 4.78 is 4.60. The van der Waals surface area contributed by atoms with Gasteiger partial charge in [-0.15, -0.1) is 0 Å². The third-order valence-electron chi connectivity index (χ3n) is 3.25. The second kappa shape index (κ2) is 8.34. The van der Waals surface area contributed by atoms with Gasteiger partial charge in [0.2, 0.25) is 5.91 Å². The lowest BCUT2D eigenvalue weighted by molar-refractivity contribution is -0.384. The van der Waals surface area contributed by atoms with Crippen LogP contribution in [0.25, 0.3) is 0 Å². The van der Waals surface area contributed by atoms with Crippen LogP contribution in [0, 0.1) is 10.1 Å². The number of nitro benzene ring substituents is 1. The number of carbonyl (C=O) groups is 2. The van der Waals surface area contributed by atoms with Gasteiger partial charge in [-0.3, -0.25) is 14.9 Å². The highest BCUT2D eigenvalue weighted by Crippen LogP contribution is 2.12. The molecule has 8 heteroatoms. The summed E-state index contributed by atoms with van der Waals surface area (Å²) in [4.78, 5) is 33.2. The monoisotopic (exact) mass is 341 g/mol. The Morgan fingerprint density at radius 1 is 1.16 bits per heavy atom. The number of nitro groups is 1. The van der Waals surface area contributed by atoms with Gasteiger partial charge in [0.05, 0.1) is 30.2 Å². The molecule has 0 atom stereocenters. The number of carbonyl (C=O) groups excluding carboxylic acids is 2. The van der Waals surface area contributed by atoms with Crippen LogP contribution in [0.4, 0.5) is 5.69 Å². The maximum atomic E-state index is 11.8. The Morgan fingerprint density at radius 3 is 2.36 bits per heavy atom. The molecule has 1 N–H and O–H groups in total. The maximum absolute atomic E-state index is 11.8. The number of non-ortho nitro benzene ring substituents is 1. The van der Waals surface area contributed by atoms with E-state index in [1.165, 1.54) is 37.6 Å². The van der Waals surface area contributed by atoms with Crippen molar-refractivity contribution in [1.82, 2.24) is 5.43 Å². The molecule has 0 aliphatic carbocycles. The first-order valence-corrected chi connectivity index (χ1v) is 7.23. The summed E-state index contributed by atoms with van der Waals surface area (Å²) in [6, 6.07) is 12.2. The standard InChI is InChI=1S/C17H15N3O5/c1-25-17(22)14-6-2-13(3-7-14)11-18-19-16(21)10-12-4-8-15(9-5-12)20(23)24/h2-9,11H,10H2,1H3,(H,19,21)/b18-11+. The fraction of sp³-hybridized carbons (Fsp3) is 0.118. The van der Waals surface area contributed by atoms with Crippen molar-refractivity contribution in [2.24, 2.45) is 5.10 Å². The van der Waals surface area contributed by atoms with Crippen molar-refractivity contribution < 1.29 is 19.2 Å². The highest BCUT2D eigenvalue weighted by molar-refractivity contribution is 5.90. The smallest absolute Gasteiger partial charge is 0.337 e. The molecule has 2 aromatic rings. The molecule has 0 fully saturated rings. The van der Waals surface area contributed by atoms with Crippen molar-refractivity contribution in [3.05, 3.63) is 75.3 Å². The summed E-state index contributed by atoms with van der Waals surface area (Å²) in [5, 5.41) is 14.4. The maximum Gasteiger partial charge on any atom is 0.337 e. The number of hydrogen-bond acceptors (Lipinski definition) is 6. The van der Waals surface area contributed by atoms with Crippen LogP contribution in [-0.4, -0.2) is 30.1 Å². The number of ether oxygens (including phenoxy) is 1. The minimum absolute atomic E-state index is 0.0300. The minimum Gasteiger partial charge on any atom is -0.465 e. The van der Waals surface area contributed by atoms with Gasteiger partial charge in [-0.2, -0.15) is 5.10 Å². The highest BCUT2D eigenvalue weighted by atomic mass is 16.6. The molecule has 2 aromatic carbocycles. The number of nitrogens with one attached hydrogen (secondary N) is 1. The highest BCUT2D eigenvalue weighted by Gasteiger charge is 2.07. The number of hydrazone groups is 1. The Bertz CT molecular complexity index is 798. The number of nitrogens with zero attached hydrogens (tertiary/aromatic N) is 2. The third kappa shape index (κ3) is 5.24. The van der Waals surface area contributed by atoms with Crippen LogP contribution in [0.15, 0.2) is 53.6 Å². The minimum atomic E-state index is -0.500. The number of amides is 1. The van der Waals surface area contributed by atoms with Crippen LogP contribution in [0.1, 0.15) is 21.5 Å². The normalized spacial score (nSPS) is 10.4. The zero-order valence-corrected chi connectivity index (χ0v) is 13.3. The average molecular weight is 341 g/mol. The Morgan fingerprint density at radius 2 is 1.80 bits per heavy atom. The van der Waals surface area contributed by atoms with Gasteiger partial charge in [-0.1, -0.05) is 24.3 Å². The first-order chi connectivity index (χ1) is 12.0. The number of methoxy groups -OCH3 is 1. The zero-order chi connectivity index (χ0) is 18.2. The van der Waals surface area contributed by atoms with E-state index in [9.17, 15) is 19.7 Å². The summed E-state index contributed by atoms with van der Waals surface area (Å²) in [5.74, 6) is -0.781. The van der Waals surface area contributed by atoms with E-state index in [0.29, 0.717) is 16.7 Å². The molecule has 0 bridgehead atoms. The fourth-order valence-corrected chi connectivity index (χ4v) is 1.96. The van der Waals surface area contributed by atoms with Crippen LogP contribution in [0.2, 0.25) is 0 Å². The topological polar surface area (TPSA) is 111 Å². The van der Waals surface area contributed by atoms with Gasteiger partial charge in [-0.25, -0.2) is 10.2 Å². The summed E-state index contributed by atoms with van der Waals surface area (Å²) in [7, 11) is 1.30. The van der Waals surface area contributed by atoms with E-state index < -0.39 is 10.9 Å². The first kappa shape index (κ1) is 17.8. The van der Waals surface area contributed by atoms with Crippen LogP contribution in [0.3, 0.4) is 0 Å². The molecule has 0 spiro atoms. The summed E-state index contributed by atoms with van der Waals surface area (Å²) in [6.07, 6.45) is 1.49. The molecule has 1 amide bonds. The molecule has 0 aromatic heterocycles. The van der Waals surface area contributed by atoms with Gasteiger partial charge < -0.3 is 4.74 Å². The second-order valence-corrected chi connectivity index (χ2v) is 5.01. The molecule has 2 rings (SSSR count). The van der Waals surface area contributed by atoms with Crippen molar-refractivity contribution in [2.75, 3.05) is 7.11 Å². The van der Waals surface area contributed by atoms with E-state index in [4.69, 9.17) is 0 Å². The molecule has 128 valence electrons. The molecule has 0 saturated heterocycles. The van der Waals surface area contributed by atoms with Gasteiger partial charge in [0.25, 0.3) is 5.69 Å². The van der Waals surface area contributed by atoms with Crippen molar-refractivity contribution in [1.29, 1.82) is 0 Å². The Hall–Kier alpha value is -3.55. The molecule has 0 aliphatic heterocycles. The average Bonchev–Trinajstić information content (AvgIpc) is 2.62. The molecular weight excluding hydrogens is 326 g/mol. The van der Waals surface area contributed by atoms with E-state index in [1.54, 1.807) is 24.3 Å². The fourth-order valence-electron chi connectivity index (χ4n) is 1.96. The van der Waals surface area contributed by atoms with Gasteiger partial charge in [0.15, 0.2) is 0 Å². The summed E-state index contributed by atoms with van der Waals surface area (Å²) in [6.45, 7) is 0. The van der Waals surface area contributed by atoms with E-state index >= 15 is 0 Å². The summed E-state index contributed by atoms with van der Waals surface area (Å²) >= 11 is 0. The number of benzene rings is 2. The lowest BCUT2D eigenvalue weighted by Gasteiger charge is -2.01. The third-order valence-corrected chi connectivity index (χ3v) is 3.25. The lowest BCUT2D eigenvalue weighted by atomic mass is 10.1. The Labute approximate surface area is 143 Å². The van der Waals surface area contributed by atoms with Crippen molar-refractivity contribution in [3.8, 4) is 0 Å². The van der Waals surface area contributed by atoms with E-state index in [2.05, 4.69) is 15.3 Å². The molecule has 8 nitrogen and oxygen atoms in total. The SMILES string of the molecule is COC(=O)c1ccc(/C=N/NC(=O)Cc2ccc([N+](=O)[O-])cc2)cc1. The van der Waals surface area contributed by atoms with Crippen molar-refractivity contribution in [2.45, 2.75) is 6.42 Å². The molecule has 0 aliphatic rings. The first-order valence-electron chi connectivity index (χ1n) is 7.23. The Balaban J connectivity index is 1.87. The van der Waals surface area contributed by atoms with E-state index in [1.807, 2.05) is 0 Å². The second-order valence-electron chi connectivity index (χ2n) is 5.01.